The van der Waals surface area contributed by atoms with Crippen molar-refractivity contribution >= 4 is 12.2 Å². The van der Waals surface area contributed by atoms with Crippen molar-refractivity contribution in [2.75, 3.05) is 39.4 Å². The molecule has 0 aliphatic carbocycles. The van der Waals surface area contributed by atoms with Gasteiger partial charge in [-0.2, -0.15) is 0 Å². The van der Waals surface area contributed by atoms with E-state index in [-0.39, 0.29) is 18.6 Å². The predicted molar refractivity (Wildman–Crippen MR) is 89.0 cm³/mol. The number of carbonyl (C=O) groups excluding carboxylic acids is 2. The van der Waals surface area contributed by atoms with E-state index in [0.29, 0.717) is 32.1 Å². The van der Waals surface area contributed by atoms with Gasteiger partial charge < -0.3 is 31.6 Å². The largest absolute Gasteiger partial charge is 0.448 e. The van der Waals surface area contributed by atoms with Crippen LogP contribution in [0.4, 0.5) is 9.59 Å². The molecule has 0 heterocycles. The zero-order valence-electron chi connectivity index (χ0n) is 14.5. The highest BCUT2D eigenvalue weighted by atomic mass is 16.6. The number of alkyl carbamates (subject to hydrolysis) is 2. The van der Waals surface area contributed by atoms with Crippen molar-refractivity contribution in [1.82, 2.24) is 10.6 Å². The minimum atomic E-state index is -0.444. The molecule has 0 rings (SSSR count). The van der Waals surface area contributed by atoms with E-state index in [1.807, 2.05) is 0 Å². The van der Waals surface area contributed by atoms with Crippen LogP contribution in [-0.2, 0) is 9.47 Å². The summed E-state index contributed by atoms with van der Waals surface area (Å²) in [6.07, 6.45) is 0.856. The number of hydrogen-bond acceptors (Lipinski definition) is 6. The number of ether oxygens (including phenoxy) is 2. The van der Waals surface area contributed by atoms with Gasteiger partial charge in [-0.1, -0.05) is 20.8 Å². The standard InChI is InChI=1S/C15H32N4O4/c1-12(4-7-18-13(20)22-8-5-16)10-15(2,3)11-19-14(21)23-9-6-17/h12H,4-11,16-17H2,1-3H3,(H,18,20)(H,19,21). The molecule has 0 aromatic carbocycles. The van der Waals surface area contributed by atoms with E-state index in [2.05, 4.69) is 31.4 Å². The van der Waals surface area contributed by atoms with Gasteiger partial charge >= 0.3 is 12.2 Å². The average molecular weight is 332 g/mol. The highest BCUT2D eigenvalue weighted by Crippen LogP contribution is 2.26. The second-order valence-electron chi connectivity index (χ2n) is 6.39. The molecule has 0 fully saturated rings. The molecule has 0 bridgehead atoms. The summed E-state index contributed by atoms with van der Waals surface area (Å²) in [6.45, 7) is 8.41. The number of carbonyl (C=O) groups is 2. The maximum Gasteiger partial charge on any atom is 0.407 e. The van der Waals surface area contributed by atoms with Gasteiger partial charge in [-0.15, -0.1) is 0 Å². The molecule has 23 heavy (non-hydrogen) atoms. The molecule has 0 radical (unpaired) electrons. The Kier molecular flexibility index (Phi) is 11.2. The molecular formula is C15H32N4O4. The SMILES string of the molecule is CC(CCNC(=O)OCCN)CC(C)(C)CNC(=O)OCCN. The molecule has 1 unspecified atom stereocenters. The monoisotopic (exact) mass is 332 g/mol. The highest BCUT2D eigenvalue weighted by Gasteiger charge is 2.22. The van der Waals surface area contributed by atoms with E-state index in [9.17, 15) is 9.59 Å². The Morgan fingerprint density at radius 2 is 1.57 bits per heavy atom. The van der Waals surface area contributed by atoms with Gasteiger partial charge in [0.1, 0.15) is 13.2 Å². The molecule has 8 heteroatoms. The average Bonchev–Trinajstić information content (AvgIpc) is 2.48. The third-order valence-electron chi connectivity index (χ3n) is 3.22. The molecule has 0 aromatic heterocycles. The van der Waals surface area contributed by atoms with Crippen LogP contribution in [0.5, 0.6) is 0 Å². The van der Waals surface area contributed by atoms with Crippen LogP contribution in [0.15, 0.2) is 0 Å². The van der Waals surface area contributed by atoms with Crippen LogP contribution in [0.25, 0.3) is 0 Å². The molecule has 8 nitrogen and oxygen atoms in total. The van der Waals surface area contributed by atoms with Crippen LogP contribution in [0.1, 0.15) is 33.6 Å². The number of nitrogens with two attached hydrogens (primary N) is 2. The zero-order valence-corrected chi connectivity index (χ0v) is 14.5. The molecule has 0 aliphatic heterocycles. The normalized spacial score (nSPS) is 12.4. The van der Waals surface area contributed by atoms with Gasteiger partial charge in [0.05, 0.1) is 0 Å². The molecule has 1 atom stereocenters. The summed E-state index contributed by atoms with van der Waals surface area (Å²) >= 11 is 0. The number of rotatable bonds is 11. The molecule has 2 amide bonds. The van der Waals surface area contributed by atoms with Crippen LogP contribution in [-0.4, -0.2) is 51.6 Å². The van der Waals surface area contributed by atoms with Crippen molar-refractivity contribution < 1.29 is 19.1 Å². The minimum Gasteiger partial charge on any atom is -0.448 e. The van der Waals surface area contributed by atoms with E-state index in [1.54, 1.807) is 0 Å². The summed E-state index contributed by atoms with van der Waals surface area (Å²) in [6, 6.07) is 0. The first kappa shape index (κ1) is 21.5. The van der Waals surface area contributed by atoms with Gasteiger partial charge in [0.15, 0.2) is 0 Å². The maximum absolute atomic E-state index is 11.4. The van der Waals surface area contributed by atoms with E-state index in [0.717, 1.165) is 12.8 Å². The van der Waals surface area contributed by atoms with Crippen LogP contribution in [0, 0.1) is 11.3 Å². The molecular weight excluding hydrogens is 300 g/mol. The molecule has 0 aliphatic rings. The molecule has 6 N–H and O–H groups in total. The fourth-order valence-electron chi connectivity index (χ4n) is 2.25. The Morgan fingerprint density at radius 1 is 1.04 bits per heavy atom. The smallest absolute Gasteiger partial charge is 0.407 e. The molecule has 136 valence electrons. The molecule has 0 spiro atoms. The predicted octanol–water partition coefficient (Wildman–Crippen LogP) is 0.799. The Bertz CT molecular complexity index is 350. The Hall–Kier alpha value is -1.54. The summed E-state index contributed by atoms with van der Waals surface area (Å²) in [7, 11) is 0. The van der Waals surface area contributed by atoms with Gasteiger partial charge in [0.2, 0.25) is 0 Å². The van der Waals surface area contributed by atoms with Crippen molar-refractivity contribution in [3.05, 3.63) is 0 Å². The minimum absolute atomic E-state index is 0.0682. The first-order valence-corrected chi connectivity index (χ1v) is 8.02. The zero-order chi connectivity index (χ0) is 17.7. The second-order valence-corrected chi connectivity index (χ2v) is 6.39. The van der Waals surface area contributed by atoms with Gasteiger partial charge in [-0.25, -0.2) is 9.59 Å². The van der Waals surface area contributed by atoms with Crippen LogP contribution >= 0.6 is 0 Å². The lowest BCUT2D eigenvalue weighted by molar-refractivity contribution is 0.141. The lowest BCUT2D eigenvalue weighted by Crippen LogP contribution is -2.36. The fourth-order valence-corrected chi connectivity index (χ4v) is 2.25. The topological polar surface area (TPSA) is 129 Å². The third-order valence-corrected chi connectivity index (χ3v) is 3.22. The molecule has 0 saturated carbocycles. The summed E-state index contributed by atoms with van der Waals surface area (Å²) < 4.78 is 9.70. The third kappa shape index (κ3) is 12.7. The summed E-state index contributed by atoms with van der Waals surface area (Å²) in [5, 5.41) is 5.43. The second kappa shape index (κ2) is 12.0. The Labute approximate surface area is 138 Å². The van der Waals surface area contributed by atoms with Crippen LogP contribution in [0.3, 0.4) is 0 Å². The lowest BCUT2D eigenvalue weighted by atomic mass is 9.82. The van der Waals surface area contributed by atoms with E-state index >= 15 is 0 Å². The van der Waals surface area contributed by atoms with E-state index in [1.165, 1.54) is 0 Å². The quantitative estimate of drug-likeness (QED) is 0.443. The van der Waals surface area contributed by atoms with E-state index in [4.69, 9.17) is 20.9 Å². The van der Waals surface area contributed by atoms with Gasteiger partial charge in [-0.3, -0.25) is 0 Å². The van der Waals surface area contributed by atoms with Crippen molar-refractivity contribution in [3.8, 4) is 0 Å². The van der Waals surface area contributed by atoms with Crippen molar-refractivity contribution in [2.45, 2.75) is 33.6 Å². The number of nitrogens with one attached hydrogen (secondary N) is 2. The molecule has 0 saturated heterocycles. The van der Waals surface area contributed by atoms with Crippen molar-refractivity contribution in [2.24, 2.45) is 22.8 Å². The highest BCUT2D eigenvalue weighted by molar-refractivity contribution is 5.67. The number of hydrogen-bond donors (Lipinski definition) is 4. The fraction of sp³-hybridized carbons (Fsp3) is 0.867. The summed E-state index contributed by atoms with van der Waals surface area (Å²) in [5.41, 5.74) is 10.5. The van der Waals surface area contributed by atoms with Gasteiger partial charge in [0, 0.05) is 26.2 Å². The Morgan fingerprint density at radius 3 is 2.09 bits per heavy atom. The van der Waals surface area contributed by atoms with E-state index < -0.39 is 12.2 Å². The van der Waals surface area contributed by atoms with Crippen LogP contribution in [0.2, 0.25) is 0 Å². The van der Waals surface area contributed by atoms with Crippen molar-refractivity contribution in [1.29, 1.82) is 0 Å². The lowest BCUT2D eigenvalue weighted by Gasteiger charge is -2.28. The first-order valence-electron chi connectivity index (χ1n) is 8.02. The van der Waals surface area contributed by atoms with Crippen molar-refractivity contribution in [3.63, 3.8) is 0 Å². The molecule has 0 aromatic rings. The van der Waals surface area contributed by atoms with Gasteiger partial charge in [0.25, 0.3) is 0 Å². The summed E-state index contributed by atoms with van der Waals surface area (Å²) in [5.74, 6) is 0.390. The summed E-state index contributed by atoms with van der Waals surface area (Å²) in [4.78, 5) is 22.7. The van der Waals surface area contributed by atoms with Crippen LogP contribution < -0.4 is 22.1 Å². The Balaban J connectivity index is 3.90. The maximum atomic E-state index is 11.4. The van der Waals surface area contributed by atoms with Gasteiger partial charge in [-0.05, 0) is 24.2 Å². The number of amides is 2. The first-order chi connectivity index (χ1) is 10.8.